The largest absolute Gasteiger partial charge is 0.396 e. The van der Waals surface area contributed by atoms with Crippen molar-refractivity contribution < 1.29 is 13.9 Å². The number of rotatable bonds is 11. The molecular weight excluding hydrogens is 487 g/mol. The van der Waals surface area contributed by atoms with E-state index in [4.69, 9.17) is 34.0 Å². The normalized spacial score (nSPS) is 13.1. The molecule has 0 saturated carbocycles. The lowest BCUT2D eigenvalue weighted by molar-refractivity contribution is 0.228. The molecule has 0 fully saturated rings. The Morgan fingerprint density at radius 1 is 0.743 bits per heavy atom. The fraction of sp³-hybridized carbons (Fsp3) is 0.586. The topological polar surface area (TPSA) is 46.2 Å². The molecule has 0 amide bonds. The highest BCUT2D eigenvalue weighted by Gasteiger charge is 2.13. The monoisotopic (exact) mass is 529 g/mol. The first-order valence-corrected chi connectivity index (χ1v) is 13.4. The molecule has 2 nitrogen and oxygen atoms in total. The van der Waals surface area contributed by atoms with Gasteiger partial charge in [0, 0.05) is 12.6 Å². The molecule has 3 N–H and O–H groups in total. The van der Waals surface area contributed by atoms with Gasteiger partial charge >= 0.3 is 0 Å². The van der Waals surface area contributed by atoms with Gasteiger partial charge in [-0.25, -0.2) is 8.78 Å². The number of nitrogens with two attached hydrogens (primary N) is 1. The molecule has 0 saturated heterocycles. The minimum absolute atomic E-state index is 0.138. The molecule has 35 heavy (non-hydrogen) atoms. The molecule has 0 aliphatic heterocycles. The summed E-state index contributed by atoms with van der Waals surface area (Å²) in [5, 5.41) is 9.40. The SMILES string of the molecule is CC(C)c1cc(CCC[C@@H](C)CO)cc(Cl)c1F.CC(C)c1cc(CCC[C@H](C)N)cc(Cl)c1F. The Bertz CT molecular complexity index is 916. The zero-order valence-corrected chi connectivity index (χ0v) is 23.6. The van der Waals surface area contributed by atoms with Gasteiger partial charge in [-0.2, -0.15) is 0 Å². The fourth-order valence-corrected chi connectivity index (χ4v) is 4.34. The Kier molecular flexibility index (Phi) is 14.4. The third-order valence-corrected chi connectivity index (χ3v) is 6.63. The zero-order valence-electron chi connectivity index (χ0n) is 22.1. The van der Waals surface area contributed by atoms with Crippen molar-refractivity contribution in [1.82, 2.24) is 0 Å². The van der Waals surface area contributed by atoms with Crippen LogP contribution in [0.2, 0.25) is 10.0 Å². The lowest BCUT2D eigenvalue weighted by Gasteiger charge is -2.12. The maximum absolute atomic E-state index is 13.8. The Morgan fingerprint density at radius 3 is 1.49 bits per heavy atom. The smallest absolute Gasteiger partial charge is 0.145 e. The summed E-state index contributed by atoms with van der Waals surface area (Å²) in [4.78, 5) is 0. The number of aliphatic hydroxyl groups is 1. The molecule has 0 heterocycles. The summed E-state index contributed by atoms with van der Waals surface area (Å²) in [7, 11) is 0. The van der Waals surface area contributed by atoms with Gasteiger partial charge in [-0.15, -0.1) is 0 Å². The maximum Gasteiger partial charge on any atom is 0.145 e. The molecule has 2 rings (SSSR count). The van der Waals surface area contributed by atoms with Crippen LogP contribution in [0.15, 0.2) is 24.3 Å². The van der Waals surface area contributed by atoms with Crippen molar-refractivity contribution in [3.63, 3.8) is 0 Å². The number of hydrogen-bond acceptors (Lipinski definition) is 2. The number of aliphatic hydroxyl groups excluding tert-OH is 1. The quantitative estimate of drug-likeness (QED) is 0.305. The third kappa shape index (κ3) is 11.2. The number of hydrogen-bond donors (Lipinski definition) is 2. The molecule has 0 bridgehead atoms. The molecular formula is C29H43Cl2F2NO. The van der Waals surface area contributed by atoms with E-state index in [-0.39, 0.29) is 46.2 Å². The summed E-state index contributed by atoms with van der Waals surface area (Å²) in [6.45, 7) is 12.1. The van der Waals surface area contributed by atoms with E-state index in [1.807, 2.05) is 53.7 Å². The van der Waals surface area contributed by atoms with Crippen LogP contribution in [-0.2, 0) is 12.8 Å². The van der Waals surface area contributed by atoms with Crippen LogP contribution in [0, 0.1) is 17.6 Å². The Hall–Kier alpha value is -1.20. The standard InChI is InChI=1S/C15H22ClFO.C14H21ClFN/c1-10(2)13-7-12(8-14(16)15(13)17)6-4-5-11(3)9-18;1-9(2)12-7-11(6-4-5-10(3)17)8-13(15)14(12)16/h7-8,10-11,18H,4-6,9H2,1-3H3;7-10H,4-6,17H2,1-3H3/t11-;10-/m10/s1. The molecule has 2 atom stereocenters. The van der Waals surface area contributed by atoms with Gasteiger partial charge in [-0.05, 0) is 97.6 Å². The summed E-state index contributed by atoms with van der Waals surface area (Å²) < 4.78 is 27.5. The summed E-state index contributed by atoms with van der Waals surface area (Å²) in [5.74, 6) is 0.0435. The van der Waals surface area contributed by atoms with Gasteiger partial charge in [0.25, 0.3) is 0 Å². The van der Waals surface area contributed by atoms with E-state index in [0.29, 0.717) is 17.0 Å². The van der Waals surface area contributed by atoms with E-state index in [0.717, 1.165) is 49.7 Å². The molecule has 0 aromatic heterocycles. The number of aryl methyl sites for hydroxylation is 2. The van der Waals surface area contributed by atoms with Crippen LogP contribution in [0.4, 0.5) is 8.78 Å². The fourth-order valence-electron chi connectivity index (χ4n) is 3.84. The van der Waals surface area contributed by atoms with Crippen LogP contribution in [0.5, 0.6) is 0 Å². The van der Waals surface area contributed by atoms with Gasteiger partial charge in [0.05, 0.1) is 10.0 Å². The highest BCUT2D eigenvalue weighted by atomic mass is 35.5. The van der Waals surface area contributed by atoms with Crippen LogP contribution in [0.25, 0.3) is 0 Å². The summed E-state index contributed by atoms with van der Waals surface area (Å²) in [6.07, 6.45) is 5.73. The Balaban J connectivity index is 0.000000351. The van der Waals surface area contributed by atoms with Crippen molar-refractivity contribution in [2.24, 2.45) is 11.7 Å². The minimum atomic E-state index is -0.292. The summed E-state index contributed by atoms with van der Waals surface area (Å²) >= 11 is 11.8. The van der Waals surface area contributed by atoms with Crippen LogP contribution in [0.1, 0.15) is 101 Å². The predicted octanol–water partition coefficient (Wildman–Crippen LogP) is 8.83. The highest BCUT2D eigenvalue weighted by molar-refractivity contribution is 6.31. The average molecular weight is 531 g/mol. The molecule has 198 valence electrons. The van der Waals surface area contributed by atoms with Crippen molar-refractivity contribution in [3.8, 4) is 0 Å². The van der Waals surface area contributed by atoms with E-state index in [2.05, 4.69) is 0 Å². The second kappa shape index (κ2) is 15.8. The van der Waals surface area contributed by atoms with E-state index in [1.54, 1.807) is 12.1 Å². The van der Waals surface area contributed by atoms with Crippen LogP contribution >= 0.6 is 23.2 Å². The summed E-state index contributed by atoms with van der Waals surface area (Å²) in [5.41, 5.74) is 9.27. The average Bonchev–Trinajstić information content (AvgIpc) is 2.77. The first-order valence-electron chi connectivity index (χ1n) is 12.7. The first-order chi connectivity index (χ1) is 16.4. The van der Waals surface area contributed by atoms with Gasteiger partial charge in [0.2, 0.25) is 0 Å². The van der Waals surface area contributed by atoms with Crippen molar-refractivity contribution >= 4 is 23.2 Å². The van der Waals surface area contributed by atoms with Gasteiger partial charge in [0.15, 0.2) is 0 Å². The van der Waals surface area contributed by atoms with Gasteiger partial charge in [-0.1, -0.05) is 70.0 Å². The van der Waals surface area contributed by atoms with Crippen molar-refractivity contribution in [3.05, 3.63) is 68.2 Å². The molecule has 6 heteroatoms. The number of benzene rings is 2. The van der Waals surface area contributed by atoms with E-state index >= 15 is 0 Å². The minimum Gasteiger partial charge on any atom is -0.396 e. The maximum atomic E-state index is 13.8. The van der Waals surface area contributed by atoms with E-state index in [9.17, 15) is 8.78 Å². The van der Waals surface area contributed by atoms with Crippen molar-refractivity contribution in [1.29, 1.82) is 0 Å². The highest BCUT2D eigenvalue weighted by Crippen LogP contribution is 2.28. The Labute approximate surface area is 221 Å². The second-order valence-electron chi connectivity index (χ2n) is 10.3. The Morgan fingerprint density at radius 2 is 1.14 bits per heavy atom. The van der Waals surface area contributed by atoms with Crippen molar-refractivity contribution in [2.45, 2.75) is 97.9 Å². The van der Waals surface area contributed by atoms with E-state index < -0.39 is 0 Å². The number of halogens is 4. The van der Waals surface area contributed by atoms with Crippen molar-refractivity contribution in [2.75, 3.05) is 6.61 Å². The third-order valence-electron chi connectivity index (χ3n) is 6.08. The molecule has 0 unspecified atom stereocenters. The molecule has 2 aromatic rings. The molecule has 0 aliphatic carbocycles. The molecule has 2 aromatic carbocycles. The lowest BCUT2D eigenvalue weighted by atomic mass is 9.96. The zero-order chi connectivity index (χ0) is 26.7. The van der Waals surface area contributed by atoms with Gasteiger partial charge in [0.1, 0.15) is 11.6 Å². The predicted molar refractivity (Wildman–Crippen MR) is 147 cm³/mol. The van der Waals surface area contributed by atoms with Crippen LogP contribution in [0.3, 0.4) is 0 Å². The van der Waals surface area contributed by atoms with Crippen LogP contribution in [-0.4, -0.2) is 17.8 Å². The first kappa shape index (κ1) is 31.8. The van der Waals surface area contributed by atoms with Crippen LogP contribution < -0.4 is 5.73 Å². The van der Waals surface area contributed by atoms with Gasteiger partial charge < -0.3 is 10.8 Å². The van der Waals surface area contributed by atoms with Gasteiger partial charge in [-0.3, -0.25) is 0 Å². The van der Waals surface area contributed by atoms with E-state index in [1.165, 1.54) is 0 Å². The second-order valence-corrected chi connectivity index (χ2v) is 11.1. The summed E-state index contributed by atoms with van der Waals surface area (Å²) in [6, 6.07) is 7.49. The molecule has 0 spiro atoms. The molecule has 0 radical (unpaired) electrons. The lowest BCUT2D eigenvalue weighted by Crippen LogP contribution is -2.14. The molecule has 0 aliphatic rings.